The monoisotopic (exact) mass is 418 g/mol. The zero-order chi connectivity index (χ0) is 22.1. The van der Waals surface area contributed by atoms with Crippen LogP contribution in [0.25, 0.3) is 0 Å². The van der Waals surface area contributed by atoms with E-state index in [0.717, 1.165) is 18.3 Å². The van der Waals surface area contributed by atoms with Gasteiger partial charge in [-0.2, -0.15) is 0 Å². The van der Waals surface area contributed by atoms with Gasteiger partial charge in [-0.3, -0.25) is 4.79 Å². The fourth-order valence-electron chi connectivity index (χ4n) is 3.45. The fraction of sp³-hybridized carbons (Fsp3) is 0.704. The van der Waals surface area contributed by atoms with E-state index in [1.807, 2.05) is 30.3 Å². The molecular formula is C27H46O3. The van der Waals surface area contributed by atoms with Gasteiger partial charge in [-0.25, -0.2) is 0 Å². The minimum absolute atomic E-state index is 0.0651. The number of carbonyl (C=O) groups is 2. The van der Waals surface area contributed by atoms with Crippen molar-refractivity contribution < 1.29 is 14.3 Å². The molecule has 0 aliphatic rings. The SMILES string of the molecule is CCCCCCCCCCCCCCCCCC(=O)OC.O=CCc1ccccc1. The summed E-state index contributed by atoms with van der Waals surface area (Å²) in [4.78, 5) is 20.9. The molecule has 0 bridgehead atoms. The molecule has 1 aromatic carbocycles. The number of hydrogen-bond acceptors (Lipinski definition) is 3. The first-order valence-electron chi connectivity index (χ1n) is 12.3. The molecule has 0 amide bonds. The first kappa shape index (κ1) is 28.4. The third-order valence-electron chi connectivity index (χ3n) is 5.37. The van der Waals surface area contributed by atoms with Crippen LogP contribution in [-0.4, -0.2) is 19.4 Å². The van der Waals surface area contributed by atoms with E-state index < -0.39 is 0 Å². The average molecular weight is 419 g/mol. The van der Waals surface area contributed by atoms with Gasteiger partial charge in [-0.15, -0.1) is 0 Å². The maximum atomic E-state index is 10.9. The summed E-state index contributed by atoms with van der Waals surface area (Å²) in [6.07, 6.45) is 22.4. The highest BCUT2D eigenvalue weighted by Gasteiger charge is 1.99. The fourth-order valence-corrected chi connectivity index (χ4v) is 3.45. The highest BCUT2D eigenvalue weighted by molar-refractivity contribution is 5.68. The number of methoxy groups -OCH3 is 1. The Bertz CT molecular complexity index is 484. The van der Waals surface area contributed by atoms with Gasteiger partial charge in [-0.1, -0.05) is 127 Å². The molecule has 0 aliphatic carbocycles. The Kier molecular flexibility index (Phi) is 22.3. The molecule has 0 fully saturated rings. The first-order chi connectivity index (χ1) is 14.7. The predicted molar refractivity (Wildman–Crippen MR) is 128 cm³/mol. The number of aldehydes is 1. The molecule has 0 atom stereocenters. The molecule has 3 heteroatoms. The Labute approximate surface area is 186 Å². The number of benzene rings is 1. The van der Waals surface area contributed by atoms with Crippen LogP contribution in [0.1, 0.15) is 115 Å². The summed E-state index contributed by atoms with van der Waals surface area (Å²) in [7, 11) is 1.47. The minimum Gasteiger partial charge on any atom is -0.469 e. The van der Waals surface area contributed by atoms with Gasteiger partial charge in [0.05, 0.1) is 7.11 Å². The molecular weight excluding hydrogens is 372 g/mol. The Morgan fingerprint density at radius 2 is 1.17 bits per heavy atom. The van der Waals surface area contributed by atoms with E-state index in [0.29, 0.717) is 12.8 Å². The second-order valence-electron chi connectivity index (χ2n) is 8.13. The molecule has 172 valence electrons. The van der Waals surface area contributed by atoms with E-state index in [2.05, 4.69) is 11.7 Å². The van der Waals surface area contributed by atoms with Crippen LogP contribution >= 0.6 is 0 Å². The Morgan fingerprint density at radius 3 is 1.57 bits per heavy atom. The standard InChI is InChI=1S/C19H38O2.C8H8O/c1-3-4-5-6-7-8-9-10-11-12-13-14-15-16-17-18-19(20)21-2;9-7-6-8-4-2-1-3-5-8/h3-18H2,1-2H3;1-5,7H,6H2. The van der Waals surface area contributed by atoms with E-state index in [1.165, 1.54) is 97.0 Å². The third-order valence-corrected chi connectivity index (χ3v) is 5.37. The number of hydrogen-bond donors (Lipinski definition) is 0. The average Bonchev–Trinajstić information content (AvgIpc) is 2.77. The summed E-state index contributed by atoms with van der Waals surface area (Å²) >= 11 is 0. The molecule has 0 N–H and O–H groups in total. The van der Waals surface area contributed by atoms with Crippen LogP contribution < -0.4 is 0 Å². The van der Waals surface area contributed by atoms with Crippen molar-refractivity contribution >= 4 is 12.3 Å². The predicted octanol–water partition coefficient (Wildman–Crippen LogP) is 7.85. The number of unbranched alkanes of at least 4 members (excludes halogenated alkanes) is 14. The van der Waals surface area contributed by atoms with Crippen molar-refractivity contribution in [2.24, 2.45) is 0 Å². The second kappa shape index (κ2) is 23.6. The van der Waals surface area contributed by atoms with Gasteiger partial charge in [0.1, 0.15) is 6.29 Å². The minimum atomic E-state index is -0.0651. The van der Waals surface area contributed by atoms with Crippen molar-refractivity contribution in [1.82, 2.24) is 0 Å². The van der Waals surface area contributed by atoms with Crippen LogP contribution in [0.2, 0.25) is 0 Å². The molecule has 0 heterocycles. The Balaban J connectivity index is 0.000000769. The van der Waals surface area contributed by atoms with Crippen molar-refractivity contribution in [3.8, 4) is 0 Å². The van der Waals surface area contributed by atoms with Gasteiger partial charge in [0.15, 0.2) is 0 Å². The lowest BCUT2D eigenvalue weighted by atomic mass is 10.0. The van der Waals surface area contributed by atoms with Crippen molar-refractivity contribution in [3.63, 3.8) is 0 Å². The van der Waals surface area contributed by atoms with Crippen LogP contribution in [0.15, 0.2) is 30.3 Å². The van der Waals surface area contributed by atoms with Crippen molar-refractivity contribution in [2.75, 3.05) is 7.11 Å². The van der Waals surface area contributed by atoms with Gasteiger partial charge < -0.3 is 9.53 Å². The van der Waals surface area contributed by atoms with Gasteiger partial charge in [0.2, 0.25) is 0 Å². The maximum Gasteiger partial charge on any atom is 0.305 e. The molecule has 3 nitrogen and oxygen atoms in total. The number of rotatable bonds is 18. The summed E-state index contributed by atoms with van der Waals surface area (Å²) in [6, 6.07) is 9.68. The number of carbonyl (C=O) groups excluding carboxylic acids is 2. The largest absolute Gasteiger partial charge is 0.469 e. The van der Waals surface area contributed by atoms with Gasteiger partial charge in [-0.05, 0) is 12.0 Å². The zero-order valence-electron chi connectivity index (χ0n) is 19.7. The number of ether oxygens (including phenoxy) is 1. The molecule has 0 saturated heterocycles. The molecule has 0 saturated carbocycles. The smallest absolute Gasteiger partial charge is 0.305 e. The van der Waals surface area contributed by atoms with Crippen molar-refractivity contribution in [3.05, 3.63) is 35.9 Å². The van der Waals surface area contributed by atoms with E-state index in [9.17, 15) is 9.59 Å². The molecule has 1 rings (SSSR count). The molecule has 0 aromatic heterocycles. The third kappa shape index (κ3) is 21.1. The van der Waals surface area contributed by atoms with Gasteiger partial charge in [0.25, 0.3) is 0 Å². The van der Waals surface area contributed by atoms with E-state index in [4.69, 9.17) is 0 Å². The quantitative estimate of drug-likeness (QED) is 0.138. The van der Waals surface area contributed by atoms with Crippen LogP contribution in [0.5, 0.6) is 0 Å². The summed E-state index contributed by atoms with van der Waals surface area (Å²) in [5.41, 5.74) is 1.08. The van der Waals surface area contributed by atoms with Gasteiger partial charge >= 0.3 is 5.97 Å². The highest BCUT2D eigenvalue weighted by atomic mass is 16.5. The van der Waals surface area contributed by atoms with Crippen LogP contribution in [-0.2, 0) is 20.7 Å². The summed E-state index contributed by atoms with van der Waals surface area (Å²) < 4.78 is 4.63. The molecule has 30 heavy (non-hydrogen) atoms. The summed E-state index contributed by atoms with van der Waals surface area (Å²) in [5.74, 6) is -0.0651. The van der Waals surface area contributed by atoms with E-state index in [1.54, 1.807) is 0 Å². The van der Waals surface area contributed by atoms with Crippen LogP contribution in [0.4, 0.5) is 0 Å². The van der Waals surface area contributed by atoms with Crippen molar-refractivity contribution in [1.29, 1.82) is 0 Å². The lowest BCUT2D eigenvalue weighted by molar-refractivity contribution is -0.140. The van der Waals surface area contributed by atoms with Crippen LogP contribution in [0, 0.1) is 0 Å². The number of esters is 1. The Morgan fingerprint density at radius 1 is 0.733 bits per heavy atom. The highest BCUT2D eigenvalue weighted by Crippen LogP contribution is 2.13. The second-order valence-corrected chi connectivity index (χ2v) is 8.13. The van der Waals surface area contributed by atoms with Crippen LogP contribution in [0.3, 0.4) is 0 Å². The lowest BCUT2D eigenvalue weighted by Crippen LogP contribution is -1.99. The summed E-state index contributed by atoms with van der Waals surface area (Å²) in [5, 5.41) is 0. The lowest BCUT2D eigenvalue weighted by Gasteiger charge is -2.03. The van der Waals surface area contributed by atoms with Gasteiger partial charge in [0, 0.05) is 12.8 Å². The molecule has 0 unspecified atom stereocenters. The topological polar surface area (TPSA) is 43.4 Å². The molecule has 0 radical (unpaired) electrons. The van der Waals surface area contributed by atoms with E-state index in [-0.39, 0.29) is 5.97 Å². The Hall–Kier alpha value is -1.64. The van der Waals surface area contributed by atoms with Crippen molar-refractivity contribution in [2.45, 2.75) is 116 Å². The summed E-state index contributed by atoms with van der Waals surface area (Å²) in [6.45, 7) is 2.28. The zero-order valence-corrected chi connectivity index (χ0v) is 19.7. The first-order valence-corrected chi connectivity index (χ1v) is 12.3. The normalized spacial score (nSPS) is 10.2. The molecule has 0 spiro atoms. The van der Waals surface area contributed by atoms with E-state index >= 15 is 0 Å². The molecule has 0 aliphatic heterocycles. The maximum absolute atomic E-state index is 10.9. The molecule has 1 aromatic rings.